The number of benzene rings is 1. The lowest BCUT2D eigenvalue weighted by molar-refractivity contribution is 0.208. The Labute approximate surface area is 123 Å². The molecule has 3 rings (SSSR count). The first-order valence-electron chi connectivity index (χ1n) is 7.29. The standard InChI is InChI=1S/C16H20N4O/c17-15(18)13-8-12-5-1-2-6-14(12)19-16(13)20-7-3-4-11(9-20)10-21/h1-2,5-6,8,11,21H,3-4,7,9-10H2,(H3,17,18). The summed E-state index contributed by atoms with van der Waals surface area (Å²) in [6.45, 7) is 1.85. The topological polar surface area (TPSA) is 86.2 Å². The van der Waals surface area contributed by atoms with E-state index in [2.05, 4.69) is 4.90 Å². The third-order valence-electron chi connectivity index (χ3n) is 4.07. The number of hydrogen-bond donors (Lipinski definition) is 3. The smallest absolute Gasteiger partial charge is 0.140 e. The summed E-state index contributed by atoms with van der Waals surface area (Å²) in [6.07, 6.45) is 2.06. The first kappa shape index (κ1) is 13.8. The van der Waals surface area contributed by atoms with Gasteiger partial charge in [-0.1, -0.05) is 18.2 Å². The van der Waals surface area contributed by atoms with Crippen molar-refractivity contribution in [1.29, 1.82) is 5.41 Å². The fourth-order valence-electron chi connectivity index (χ4n) is 2.95. The van der Waals surface area contributed by atoms with Crippen molar-refractivity contribution in [3.63, 3.8) is 0 Å². The largest absolute Gasteiger partial charge is 0.396 e. The van der Waals surface area contributed by atoms with Crippen LogP contribution >= 0.6 is 0 Å². The minimum absolute atomic E-state index is 0.0365. The summed E-state index contributed by atoms with van der Waals surface area (Å²) in [4.78, 5) is 6.86. The highest BCUT2D eigenvalue weighted by atomic mass is 16.3. The molecule has 1 atom stereocenters. The van der Waals surface area contributed by atoms with Crippen LogP contribution in [-0.4, -0.2) is 35.6 Å². The third-order valence-corrected chi connectivity index (χ3v) is 4.07. The van der Waals surface area contributed by atoms with E-state index < -0.39 is 0 Å². The molecule has 0 saturated carbocycles. The number of nitrogen functional groups attached to an aromatic ring is 1. The van der Waals surface area contributed by atoms with E-state index in [1.54, 1.807) is 0 Å². The van der Waals surface area contributed by atoms with E-state index in [1.165, 1.54) is 0 Å². The zero-order valence-corrected chi connectivity index (χ0v) is 11.9. The number of hydrogen-bond acceptors (Lipinski definition) is 4. The summed E-state index contributed by atoms with van der Waals surface area (Å²) in [5.41, 5.74) is 7.33. The third kappa shape index (κ3) is 2.69. The van der Waals surface area contributed by atoms with Gasteiger partial charge >= 0.3 is 0 Å². The van der Waals surface area contributed by atoms with Gasteiger partial charge in [-0.2, -0.15) is 0 Å². The zero-order valence-electron chi connectivity index (χ0n) is 11.9. The van der Waals surface area contributed by atoms with Crippen LogP contribution < -0.4 is 10.6 Å². The van der Waals surface area contributed by atoms with E-state index in [0.717, 1.165) is 42.7 Å². The van der Waals surface area contributed by atoms with Crippen LogP contribution in [0.3, 0.4) is 0 Å². The Morgan fingerprint density at radius 3 is 3.00 bits per heavy atom. The molecule has 1 aromatic carbocycles. The monoisotopic (exact) mass is 284 g/mol. The number of para-hydroxylation sites is 1. The summed E-state index contributed by atoms with van der Waals surface area (Å²) < 4.78 is 0. The number of aromatic nitrogens is 1. The molecule has 1 saturated heterocycles. The molecule has 0 aliphatic carbocycles. The Bertz CT molecular complexity index is 670. The zero-order chi connectivity index (χ0) is 14.8. The number of nitrogens with one attached hydrogen (secondary N) is 1. The van der Waals surface area contributed by atoms with Gasteiger partial charge in [-0.05, 0) is 30.9 Å². The average molecular weight is 284 g/mol. The van der Waals surface area contributed by atoms with Gasteiger partial charge in [0.25, 0.3) is 0 Å². The second kappa shape index (κ2) is 5.69. The highest BCUT2D eigenvalue weighted by Crippen LogP contribution is 2.27. The van der Waals surface area contributed by atoms with Gasteiger partial charge in [0.05, 0.1) is 11.1 Å². The van der Waals surface area contributed by atoms with Gasteiger partial charge in [0.15, 0.2) is 0 Å². The second-order valence-corrected chi connectivity index (χ2v) is 5.60. The predicted octanol–water partition coefficient (Wildman–Crippen LogP) is 1.73. The van der Waals surface area contributed by atoms with Crippen LogP contribution in [0, 0.1) is 11.3 Å². The number of fused-ring (bicyclic) bond motifs is 1. The molecule has 1 unspecified atom stereocenters. The average Bonchev–Trinajstić information content (AvgIpc) is 2.53. The van der Waals surface area contributed by atoms with Crippen LogP contribution in [0.1, 0.15) is 18.4 Å². The van der Waals surface area contributed by atoms with Gasteiger partial charge in [-0.15, -0.1) is 0 Å². The Balaban J connectivity index is 2.07. The van der Waals surface area contributed by atoms with Gasteiger partial charge in [0.1, 0.15) is 11.7 Å². The molecule has 0 radical (unpaired) electrons. The lowest BCUT2D eigenvalue weighted by Crippen LogP contribution is -2.38. The van der Waals surface area contributed by atoms with Crippen LogP contribution in [0.4, 0.5) is 5.82 Å². The van der Waals surface area contributed by atoms with Crippen molar-refractivity contribution in [2.45, 2.75) is 12.8 Å². The van der Waals surface area contributed by atoms with Gasteiger partial charge in [0.2, 0.25) is 0 Å². The molecule has 0 bridgehead atoms. The number of nitrogens with two attached hydrogens (primary N) is 1. The van der Waals surface area contributed by atoms with Crippen LogP contribution in [0.25, 0.3) is 10.9 Å². The summed E-state index contributed by atoms with van der Waals surface area (Å²) in [6, 6.07) is 9.79. The van der Waals surface area contributed by atoms with Crippen LogP contribution in [-0.2, 0) is 0 Å². The van der Waals surface area contributed by atoms with Crippen molar-refractivity contribution in [1.82, 2.24) is 4.98 Å². The van der Waals surface area contributed by atoms with Crippen molar-refractivity contribution in [2.75, 3.05) is 24.6 Å². The number of anilines is 1. The van der Waals surface area contributed by atoms with Crippen molar-refractivity contribution < 1.29 is 5.11 Å². The van der Waals surface area contributed by atoms with E-state index in [0.29, 0.717) is 5.56 Å². The van der Waals surface area contributed by atoms with Crippen molar-refractivity contribution >= 4 is 22.6 Å². The fraction of sp³-hybridized carbons (Fsp3) is 0.375. The molecule has 110 valence electrons. The van der Waals surface area contributed by atoms with Gasteiger partial charge in [0, 0.05) is 25.1 Å². The van der Waals surface area contributed by atoms with Gasteiger partial charge in [-0.3, -0.25) is 5.41 Å². The molecule has 2 heterocycles. The fourth-order valence-corrected chi connectivity index (χ4v) is 2.95. The maximum Gasteiger partial charge on any atom is 0.140 e. The highest BCUT2D eigenvalue weighted by molar-refractivity contribution is 6.03. The molecular formula is C16H20N4O. The maximum absolute atomic E-state index is 9.39. The van der Waals surface area contributed by atoms with E-state index >= 15 is 0 Å². The van der Waals surface area contributed by atoms with Crippen molar-refractivity contribution in [3.05, 3.63) is 35.9 Å². The molecule has 1 aromatic heterocycles. The molecule has 21 heavy (non-hydrogen) atoms. The van der Waals surface area contributed by atoms with Gasteiger partial charge < -0.3 is 15.7 Å². The molecule has 2 aromatic rings. The molecule has 4 N–H and O–H groups in total. The van der Waals surface area contributed by atoms with Crippen LogP contribution in [0.2, 0.25) is 0 Å². The van der Waals surface area contributed by atoms with Gasteiger partial charge in [-0.25, -0.2) is 4.98 Å². The lowest BCUT2D eigenvalue weighted by Gasteiger charge is -2.33. The summed E-state index contributed by atoms with van der Waals surface area (Å²) in [7, 11) is 0. The van der Waals surface area contributed by atoms with Crippen LogP contribution in [0.15, 0.2) is 30.3 Å². The van der Waals surface area contributed by atoms with E-state index in [9.17, 15) is 5.11 Å². The maximum atomic E-state index is 9.39. The number of nitrogens with zero attached hydrogens (tertiary/aromatic N) is 2. The highest BCUT2D eigenvalue weighted by Gasteiger charge is 2.23. The predicted molar refractivity (Wildman–Crippen MR) is 84.8 cm³/mol. The Morgan fingerprint density at radius 1 is 1.43 bits per heavy atom. The number of pyridine rings is 1. The Morgan fingerprint density at radius 2 is 2.24 bits per heavy atom. The second-order valence-electron chi connectivity index (χ2n) is 5.60. The molecule has 5 heteroatoms. The molecule has 1 aliphatic heterocycles. The first-order valence-corrected chi connectivity index (χ1v) is 7.29. The van der Waals surface area contributed by atoms with E-state index in [4.69, 9.17) is 16.1 Å². The minimum atomic E-state index is 0.0365. The SMILES string of the molecule is N=C(N)c1cc2ccccc2nc1N1CCCC(CO)C1. The number of amidine groups is 1. The van der Waals surface area contributed by atoms with Crippen LogP contribution in [0.5, 0.6) is 0 Å². The van der Waals surface area contributed by atoms with E-state index in [-0.39, 0.29) is 18.4 Å². The molecule has 5 nitrogen and oxygen atoms in total. The lowest BCUT2D eigenvalue weighted by atomic mass is 9.98. The number of rotatable bonds is 3. The number of aliphatic hydroxyl groups is 1. The van der Waals surface area contributed by atoms with E-state index in [1.807, 2.05) is 30.3 Å². The quantitative estimate of drug-likeness (QED) is 0.592. The Kier molecular flexibility index (Phi) is 3.75. The molecule has 1 aliphatic rings. The Hall–Kier alpha value is -2.14. The number of aliphatic hydroxyl groups excluding tert-OH is 1. The normalized spacial score (nSPS) is 18.9. The number of piperidine rings is 1. The molecule has 0 spiro atoms. The summed E-state index contributed by atoms with van der Waals surface area (Å²) >= 11 is 0. The summed E-state index contributed by atoms with van der Waals surface area (Å²) in [5.74, 6) is 1.07. The summed E-state index contributed by atoms with van der Waals surface area (Å²) in [5, 5.41) is 18.2. The van der Waals surface area contributed by atoms with Crippen molar-refractivity contribution in [2.24, 2.45) is 11.7 Å². The molecule has 0 amide bonds. The molecule has 1 fully saturated rings. The first-order chi connectivity index (χ1) is 10.2. The minimum Gasteiger partial charge on any atom is -0.396 e. The van der Waals surface area contributed by atoms with Crippen molar-refractivity contribution in [3.8, 4) is 0 Å². The molecular weight excluding hydrogens is 264 g/mol.